The Morgan fingerprint density at radius 1 is 0.481 bits per heavy atom. The van der Waals surface area contributed by atoms with Gasteiger partial charge < -0.3 is 4.90 Å². The average molecular weight is 685 g/mol. The Labute approximate surface area is 308 Å². The van der Waals surface area contributed by atoms with Crippen molar-refractivity contribution in [3.63, 3.8) is 0 Å². The van der Waals surface area contributed by atoms with Crippen molar-refractivity contribution in [3.8, 4) is 54.5 Å². The van der Waals surface area contributed by atoms with E-state index < -0.39 is 0 Å². The van der Waals surface area contributed by atoms with Crippen molar-refractivity contribution in [2.45, 2.75) is 38.5 Å². The van der Waals surface area contributed by atoms with Crippen molar-refractivity contribution in [1.29, 1.82) is 0 Å². The van der Waals surface area contributed by atoms with Crippen molar-refractivity contribution >= 4 is 39.2 Å². The van der Waals surface area contributed by atoms with E-state index in [0.717, 1.165) is 10.7 Å². The maximum Gasteiger partial charge on any atom is 0.124 e. The average Bonchev–Trinajstić information content (AvgIpc) is 3.87. The topological polar surface area (TPSA) is 16.1 Å². The lowest BCUT2D eigenvalue weighted by Gasteiger charge is -2.30. The standard InChI is InChI=1S/C49H36N2S/c1-48(2)39-19-10-8-15-32(39)34-23-21-30(27-41(34)48)51(31-22-24-35-33-16-9-11-20-40(33)49(3,4)42(35)28-31)43-26-25-37-44-36(43)17-12-18-38(44)46-45(37)50-47(52-46)29-13-6-5-7-14-29/h5-28H,1-4H3. The van der Waals surface area contributed by atoms with E-state index in [1.807, 2.05) is 0 Å². The molecule has 0 fully saturated rings. The molecule has 0 spiro atoms. The van der Waals surface area contributed by atoms with Gasteiger partial charge in [-0.25, -0.2) is 4.98 Å². The zero-order valence-electron chi connectivity index (χ0n) is 29.7. The summed E-state index contributed by atoms with van der Waals surface area (Å²) in [4.78, 5) is 9.02. The zero-order valence-corrected chi connectivity index (χ0v) is 30.5. The second kappa shape index (κ2) is 10.4. The molecule has 0 saturated heterocycles. The molecule has 0 unspecified atom stereocenters. The van der Waals surface area contributed by atoms with Crippen LogP contribution in [0.4, 0.5) is 17.1 Å². The van der Waals surface area contributed by atoms with Gasteiger partial charge >= 0.3 is 0 Å². The van der Waals surface area contributed by atoms with Gasteiger partial charge in [0.15, 0.2) is 0 Å². The van der Waals surface area contributed by atoms with Crippen LogP contribution in [0.1, 0.15) is 49.9 Å². The maximum atomic E-state index is 5.25. The first-order valence-corrected chi connectivity index (χ1v) is 19.0. The van der Waals surface area contributed by atoms with Gasteiger partial charge in [-0.1, -0.05) is 143 Å². The predicted octanol–water partition coefficient (Wildman–Crippen LogP) is 13.7. The first-order valence-electron chi connectivity index (χ1n) is 18.2. The molecule has 11 rings (SSSR count). The fourth-order valence-electron chi connectivity index (χ4n) is 9.45. The third kappa shape index (κ3) is 3.92. The summed E-state index contributed by atoms with van der Waals surface area (Å²) in [5.74, 6) is 0. The van der Waals surface area contributed by atoms with Crippen LogP contribution in [0, 0.1) is 0 Å². The monoisotopic (exact) mass is 684 g/mol. The summed E-state index contributed by atoms with van der Waals surface area (Å²) in [5.41, 5.74) is 19.0. The van der Waals surface area contributed by atoms with E-state index in [0.29, 0.717) is 0 Å². The molecule has 0 atom stereocenters. The van der Waals surface area contributed by atoms with Gasteiger partial charge in [-0.05, 0) is 74.8 Å². The van der Waals surface area contributed by atoms with Crippen LogP contribution in [-0.4, -0.2) is 4.98 Å². The Morgan fingerprint density at radius 2 is 1.02 bits per heavy atom. The molecule has 248 valence electrons. The molecule has 0 aliphatic heterocycles. The van der Waals surface area contributed by atoms with E-state index in [1.165, 1.54) is 93.9 Å². The molecule has 0 radical (unpaired) electrons. The minimum Gasteiger partial charge on any atom is -0.310 e. The smallest absolute Gasteiger partial charge is 0.124 e. The van der Waals surface area contributed by atoms with Gasteiger partial charge in [0.2, 0.25) is 0 Å². The molecule has 0 saturated carbocycles. The van der Waals surface area contributed by atoms with E-state index in [-0.39, 0.29) is 10.8 Å². The van der Waals surface area contributed by atoms with E-state index >= 15 is 0 Å². The summed E-state index contributed by atoms with van der Waals surface area (Å²) in [6.07, 6.45) is 0. The number of anilines is 3. The molecule has 1 heterocycles. The highest BCUT2D eigenvalue weighted by Crippen LogP contribution is 2.56. The summed E-state index contributed by atoms with van der Waals surface area (Å²) >= 11 is 1.80. The Hall–Kier alpha value is -5.77. The second-order valence-corrected chi connectivity index (χ2v) is 16.6. The molecule has 0 amide bonds. The summed E-state index contributed by atoms with van der Waals surface area (Å²) in [6.45, 7) is 9.48. The number of rotatable bonds is 4. The van der Waals surface area contributed by atoms with Crippen molar-refractivity contribution < 1.29 is 0 Å². The van der Waals surface area contributed by atoms with Crippen LogP contribution in [0.2, 0.25) is 0 Å². The van der Waals surface area contributed by atoms with Crippen LogP contribution in [0.25, 0.3) is 65.3 Å². The molecule has 2 nitrogen and oxygen atoms in total. The number of benzene rings is 7. The van der Waals surface area contributed by atoms with E-state index in [1.54, 1.807) is 11.3 Å². The molecule has 7 aromatic carbocycles. The first kappa shape index (κ1) is 29.9. The highest BCUT2D eigenvalue weighted by atomic mass is 32.1. The lowest BCUT2D eigenvalue weighted by Crippen LogP contribution is -2.18. The van der Waals surface area contributed by atoms with Crippen LogP contribution in [-0.2, 0) is 10.8 Å². The highest BCUT2D eigenvalue weighted by molar-refractivity contribution is 7.19. The fraction of sp³-hybridized carbons (Fsp3) is 0.122. The van der Waals surface area contributed by atoms with Crippen molar-refractivity contribution in [2.75, 3.05) is 4.90 Å². The van der Waals surface area contributed by atoms with Crippen molar-refractivity contribution in [2.24, 2.45) is 0 Å². The molecule has 0 N–H and O–H groups in total. The van der Waals surface area contributed by atoms with Gasteiger partial charge in [0, 0.05) is 49.7 Å². The molecule has 3 aliphatic rings. The first-order chi connectivity index (χ1) is 25.3. The van der Waals surface area contributed by atoms with Crippen LogP contribution < -0.4 is 4.90 Å². The number of hydrogen-bond acceptors (Lipinski definition) is 3. The quantitative estimate of drug-likeness (QED) is 0.183. The molecular weight excluding hydrogens is 649 g/mol. The van der Waals surface area contributed by atoms with Gasteiger partial charge in [-0.2, -0.15) is 0 Å². The molecule has 0 bridgehead atoms. The molecule has 8 aromatic rings. The number of thiazole rings is 1. The Kier molecular flexibility index (Phi) is 5.98. The third-order valence-electron chi connectivity index (χ3n) is 12.1. The highest BCUT2D eigenvalue weighted by Gasteiger charge is 2.38. The van der Waals surface area contributed by atoms with Crippen molar-refractivity contribution in [1.82, 2.24) is 4.98 Å². The van der Waals surface area contributed by atoms with Gasteiger partial charge in [0.25, 0.3) is 0 Å². The molecule has 3 aliphatic carbocycles. The second-order valence-electron chi connectivity index (χ2n) is 15.6. The van der Waals surface area contributed by atoms with Crippen molar-refractivity contribution in [3.05, 3.63) is 168 Å². The summed E-state index contributed by atoms with van der Waals surface area (Å²) in [7, 11) is 0. The van der Waals surface area contributed by atoms with E-state index in [4.69, 9.17) is 4.98 Å². The largest absolute Gasteiger partial charge is 0.310 e. The molecule has 52 heavy (non-hydrogen) atoms. The Bertz CT molecular complexity index is 2670. The minimum absolute atomic E-state index is 0.104. The minimum atomic E-state index is -0.104. The lowest BCUT2D eigenvalue weighted by molar-refractivity contribution is 0.660. The van der Waals surface area contributed by atoms with Crippen LogP contribution in [0.15, 0.2) is 146 Å². The third-order valence-corrected chi connectivity index (χ3v) is 13.2. The van der Waals surface area contributed by atoms with Gasteiger partial charge in [-0.15, -0.1) is 11.3 Å². The Morgan fingerprint density at radius 3 is 1.65 bits per heavy atom. The van der Waals surface area contributed by atoms with Gasteiger partial charge in [0.1, 0.15) is 5.01 Å². The molecule has 3 heteroatoms. The van der Waals surface area contributed by atoms with Gasteiger partial charge in [-0.3, -0.25) is 0 Å². The fourth-order valence-corrected chi connectivity index (χ4v) is 10.6. The SMILES string of the molecule is CC1(C)c2ccccc2-c2ccc(N(c3ccc4c(c3)C(C)(C)c3ccccc3-4)c3ccc4c5c(cccc35)-c3sc(-c5ccccc5)nc3-4)cc21. The lowest BCUT2D eigenvalue weighted by atomic mass is 9.82. The summed E-state index contributed by atoms with van der Waals surface area (Å²) in [6, 6.07) is 54.1. The normalized spacial score (nSPS) is 14.8. The van der Waals surface area contributed by atoms with Crippen LogP contribution in [0.5, 0.6) is 0 Å². The van der Waals surface area contributed by atoms with E-state index in [2.05, 4.69) is 178 Å². The van der Waals surface area contributed by atoms with Crippen LogP contribution in [0.3, 0.4) is 0 Å². The molecule has 1 aromatic heterocycles. The Balaban J connectivity index is 1.13. The summed E-state index contributed by atoms with van der Waals surface area (Å²) in [5, 5.41) is 3.61. The van der Waals surface area contributed by atoms with Gasteiger partial charge in [0.05, 0.1) is 16.3 Å². The zero-order chi connectivity index (χ0) is 34.9. The number of fused-ring (bicyclic) bond motifs is 9. The number of aromatic nitrogens is 1. The number of nitrogens with zero attached hydrogens (tertiary/aromatic N) is 2. The maximum absolute atomic E-state index is 5.25. The summed E-state index contributed by atoms with van der Waals surface area (Å²) < 4.78 is 0. The molecular formula is C49H36N2S. The predicted molar refractivity (Wildman–Crippen MR) is 219 cm³/mol. The van der Waals surface area contributed by atoms with E-state index in [9.17, 15) is 0 Å². The van der Waals surface area contributed by atoms with Crippen LogP contribution >= 0.6 is 11.3 Å². The number of hydrogen-bond donors (Lipinski definition) is 0.